The van der Waals surface area contributed by atoms with Crippen molar-refractivity contribution in [1.82, 2.24) is 0 Å². The van der Waals surface area contributed by atoms with Crippen molar-refractivity contribution in [2.75, 3.05) is 14.2 Å². The van der Waals surface area contributed by atoms with Crippen LogP contribution in [0.5, 0.6) is 11.5 Å². The summed E-state index contributed by atoms with van der Waals surface area (Å²) in [5.41, 5.74) is 0.497. The second kappa shape index (κ2) is 6.84. The van der Waals surface area contributed by atoms with E-state index >= 15 is 0 Å². The molecule has 8 heteroatoms. The molecule has 1 aromatic rings. The summed E-state index contributed by atoms with van der Waals surface area (Å²) in [6.45, 7) is 0. The highest BCUT2D eigenvalue weighted by Gasteiger charge is 2.07. The van der Waals surface area contributed by atoms with Crippen molar-refractivity contribution >= 4 is 16.7 Å². The van der Waals surface area contributed by atoms with E-state index in [9.17, 15) is 4.79 Å². The molecule has 96 valence electrons. The number of hydrogen-bond donors (Lipinski definition) is 2. The number of carbonyl (C=O) groups excluding carboxylic acids is 1. The fraction of sp³-hybridized carbons (Fsp3) is 0.222. The molecule has 2 N–H and O–H groups in total. The van der Waals surface area contributed by atoms with Crippen molar-refractivity contribution in [2.24, 2.45) is 0 Å². The van der Waals surface area contributed by atoms with Gasteiger partial charge in [-0.2, -0.15) is 8.42 Å². The largest absolute Gasteiger partial charge is 0.493 e. The summed E-state index contributed by atoms with van der Waals surface area (Å²) in [7, 11) is -1.63. The van der Waals surface area contributed by atoms with Gasteiger partial charge in [-0.05, 0) is 12.1 Å². The Morgan fingerprint density at radius 2 is 1.71 bits per heavy atom. The summed E-state index contributed by atoms with van der Waals surface area (Å²) in [4.78, 5) is 10.5. The molecule has 1 rings (SSSR count). The van der Waals surface area contributed by atoms with Crippen LogP contribution < -0.4 is 9.47 Å². The van der Waals surface area contributed by atoms with Crippen LogP contribution in [0, 0.1) is 0 Å². The van der Waals surface area contributed by atoms with Crippen molar-refractivity contribution in [3.63, 3.8) is 0 Å². The van der Waals surface area contributed by atoms with Crippen LogP contribution in [-0.4, -0.2) is 38.0 Å². The lowest BCUT2D eigenvalue weighted by molar-refractivity contribution is 0.112. The van der Waals surface area contributed by atoms with Gasteiger partial charge in [0.2, 0.25) is 0 Å². The third kappa shape index (κ3) is 6.51. The molecular weight excluding hydrogens is 252 g/mol. The molecule has 0 aliphatic heterocycles. The minimum Gasteiger partial charge on any atom is -0.493 e. The zero-order valence-corrected chi connectivity index (χ0v) is 9.97. The summed E-state index contributed by atoms with van der Waals surface area (Å²) in [5, 5.41) is 0. The summed E-state index contributed by atoms with van der Waals surface area (Å²) < 4.78 is 41.6. The molecule has 0 bridgehead atoms. The summed E-state index contributed by atoms with van der Waals surface area (Å²) in [5.74, 6) is 1.05. The molecule has 0 saturated carbocycles. The second-order valence-corrected chi connectivity index (χ2v) is 3.54. The Kier molecular flexibility index (Phi) is 6.18. The molecule has 0 saturated heterocycles. The number of ether oxygens (including phenoxy) is 2. The molecule has 0 aromatic heterocycles. The van der Waals surface area contributed by atoms with Crippen molar-refractivity contribution in [3.05, 3.63) is 23.8 Å². The molecule has 0 radical (unpaired) electrons. The molecule has 17 heavy (non-hydrogen) atoms. The van der Waals surface area contributed by atoms with Gasteiger partial charge in [0.25, 0.3) is 0 Å². The van der Waals surface area contributed by atoms with Gasteiger partial charge >= 0.3 is 10.4 Å². The van der Waals surface area contributed by atoms with E-state index in [1.54, 1.807) is 18.2 Å². The molecule has 0 amide bonds. The van der Waals surface area contributed by atoms with Gasteiger partial charge in [-0.1, -0.05) is 6.07 Å². The van der Waals surface area contributed by atoms with Gasteiger partial charge in [0.05, 0.1) is 19.8 Å². The number of aldehydes is 1. The maximum atomic E-state index is 10.5. The zero-order valence-electron chi connectivity index (χ0n) is 9.15. The van der Waals surface area contributed by atoms with Gasteiger partial charge < -0.3 is 9.47 Å². The first kappa shape index (κ1) is 15.4. The Morgan fingerprint density at radius 3 is 2.06 bits per heavy atom. The highest BCUT2D eigenvalue weighted by Crippen LogP contribution is 2.29. The molecule has 0 atom stereocenters. The highest BCUT2D eigenvalue weighted by molar-refractivity contribution is 7.79. The van der Waals surface area contributed by atoms with E-state index in [1.807, 2.05) is 0 Å². The van der Waals surface area contributed by atoms with E-state index in [-0.39, 0.29) is 0 Å². The number of rotatable bonds is 3. The van der Waals surface area contributed by atoms with Crippen LogP contribution in [0.25, 0.3) is 0 Å². The van der Waals surface area contributed by atoms with E-state index in [1.165, 1.54) is 14.2 Å². The first-order valence-electron chi connectivity index (χ1n) is 4.19. The third-order valence-corrected chi connectivity index (χ3v) is 1.56. The van der Waals surface area contributed by atoms with Crippen LogP contribution in [0.1, 0.15) is 10.4 Å². The van der Waals surface area contributed by atoms with Gasteiger partial charge in [-0.15, -0.1) is 0 Å². The first-order valence-corrected chi connectivity index (χ1v) is 5.59. The van der Waals surface area contributed by atoms with Crippen LogP contribution in [0.15, 0.2) is 18.2 Å². The van der Waals surface area contributed by atoms with E-state index in [2.05, 4.69) is 0 Å². The SMILES string of the molecule is COc1cccc(C=O)c1OC.O=S(=O)(O)O. The summed E-state index contributed by atoms with van der Waals surface area (Å²) >= 11 is 0. The minimum absolute atomic E-state index is 0.481. The molecule has 0 heterocycles. The Labute approximate surface area is 98.6 Å². The summed E-state index contributed by atoms with van der Waals surface area (Å²) in [6, 6.07) is 5.16. The van der Waals surface area contributed by atoms with Gasteiger partial charge in [0.15, 0.2) is 17.8 Å². The maximum absolute atomic E-state index is 10.5. The van der Waals surface area contributed by atoms with Crippen molar-refractivity contribution < 1.29 is 31.8 Å². The van der Waals surface area contributed by atoms with E-state index in [4.69, 9.17) is 27.0 Å². The molecule has 7 nitrogen and oxygen atoms in total. The number of carbonyl (C=O) groups is 1. The lowest BCUT2D eigenvalue weighted by Gasteiger charge is -2.07. The highest BCUT2D eigenvalue weighted by atomic mass is 32.3. The lowest BCUT2D eigenvalue weighted by Crippen LogP contribution is -1.94. The molecule has 0 aliphatic rings. The number of para-hydroxylation sites is 1. The molecule has 0 unspecified atom stereocenters. The van der Waals surface area contributed by atoms with Crippen LogP contribution in [0.4, 0.5) is 0 Å². The van der Waals surface area contributed by atoms with Crippen LogP contribution in [0.2, 0.25) is 0 Å². The monoisotopic (exact) mass is 264 g/mol. The predicted molar refractivity (Wildman–Crippen MR) is 59.1 cm³/mol. The van der Waals surface area contributed by atoms with Crippen LogP contribution >= 0.6 is 0 Å². The Balaban J connectivity index is 0.000000437. The minimum atomic E-state index is -4.67. The van der Waals surface area contributed by atoms with Crippen molar-refractivity contribution in [3.8, 4) is 11.5 Å². The number of benzene rings is 1. The standard InChI is InChI=1S/C9H10O3.H2O4S/c1-11-8-5-3-4-7(6-10)9(8)12-2;1-5(2,3)4/h3-6H,1-2H3;(H2,1,2,3,4). The molecule has 0 spiro atoms. The second-order valence-electron chi connectivity index (χ2n) is 2.65. The molecule has 1 aromatic carbocycles. The maximum Gasteiger partial charge on any atom is 0.394 e. The smallest absolute Gasteiger partial charge is 0.394 e. The average Bonchev–Trinajstić information content (AvgIpc) is 2.25. The van der Waals surface area contributed by atoms with E-state index < -0.39 is 10.4 Å². The fourth-order valence-electron chi connectivity index (χ4n) is 1.00. The Bertz CT molecular complexity index is 458. The normalized spacial score (nSPS) is 9.88. The average molecular weight is 264 g/mol. The Hall–Kier alpha value is -1.64. The zero-order chi connectivity index (χ0) is 13.5. The van der Waals surface area contributed by atoms with E-state index in [0.717, 1.165) is 6.29 Å². The predicted octanol–water partition coefficient (Wildman–Crippen LogP) is 0.863. The number of hydrogen-bond acceptors (Lipinski definition) is 5. The lowest BCUT2D eigenvalue weighted by atomic mass is 10.2. The summed E-state index contributed by atoms with van der Waals surface area (Å²) in [6.07, 6.45) is 0.737. The van der Waals surface area contributed by atoms with Gasteiger partial charge in [0.1, 0.15) is 0 Å². The van der Waals surface area contributed by atoms with Crippen molar-refractivity contribution in [2.45, 2.75) is 0 Å². The van der Waals surface area contributed by atoms with Gasteiger partial charge in [0, 0.05) is 0 Å². The van der Waals surface area contributed by atoms with Gasteiger partial charge in [-0.25, -0.2) is 0 Å². The van der Waals surface area contributed by atoms with Crippen LogP contribution in [0.3, 0.4) is 0 Å². The molecule has 0 fully saturated rings. The van der Waals surface area contributed by atoms with E-state index in [0.29, 0.717) is 17.1 Å². The van der Waals surface area contributed by atoms with Crippen LogP contribution in [-0.2, 0) is 10.4 Å². The molecular formula is C9H12O7S. The van der Waals surface area contributed by atoms with Gasteiger partial charge in [-0.3, -0.25) is 13.9 Å². The Morgan fingerprint density at radius 1 is 1.18 bits per heavy atom. The topological polar surface area (TPSA) is 110 Å². The van der Waals surface area contributed by atoms with Crippen molar-refractivity contribution in [1.29, 1.82) is 0 Å². The fourth-order valence-corrected chi connectivity index (χ4v) is 1.00. The third-order valence-electron chi connectivity index (χ3n) is 1.56. The first-order chi connectivity index (χ1) is 7.83. The quantitative estimate of drug-likeness (QED) is 0.615. The molecule has 0 aliphatic carbocycles. The number of methoxy groups -OCH3 is 2.